The molecule has 0 aromatic heterocycles. The first kappa shape index (κ1) is 17.1. The SMILES string of the molecule is CCNC(=NCCN(CC)C1CC1)N1CCN(C(C)=O)CC1. The average molecular weight is 309 g/mol. The Hall–Kier alpha value is -1.30. The molecule has 1 N–H and O–H groups in total. The monoisotopic (exact) mass is 309 g/mol. The van der Waals surface area contributed by atoms with E-state index in [9.17, 15) is 4.79 Å². The summed E-state index contributed by atoms with van der Waals surface area (Å²) in [6, 6.07) is 0.807. The molecular formula is C16H31N5O. The fourth-order valence-corrected chi connectivity index (χ4v) is 2.98. The summed E-state index contributed by atoms with van der Waals surface area (Å²) < 4.78 is 0. The van der Waals surface area contributed by atoms with Gasteiger partial charge in [0.15, 0.2) is 5.96 Å². The second-order valence-corrected chi connectivity index (χ2v) is 6.09. The molecule has 6 nitrogen and oxygen atoms in total. The lowest BCUT2D eigenvalue weighted by Crippen LogP contribution is -2.53. The number of piperazine rings is 1. The third kappa shape index (κ3) is 4.87. The Morgan fingerprint density at radius 3 is 2.32 bits per heavy atom. The van der Waals surface area contributed by atoms with Gasteiger partial charge in [-0.15, -0.1) is 0 Å². The average Bonchev–Trinajstić information content (AvgIpc) is 3.35. The summed E-state index contributed by atoms with van der Waals surface area (Å²) in [5, 5.41) is 3.39. The topological polar surface area (TPSA) is 51.2 Å². The summed E-state index contributed by atoms with van der Waals surface area (Å²) >= 11 is 0. The zero-order valence-electron chi connectivity index (χ0n) is 14.3. The maximum absolute atomic E-state index is 11.4. The molecule has 2 aliphatic rings. The highest BCUT2D eigenvalue weighted by Gasteiger charge is 2.27. The number of aliphatic imine (C=N–C) groups is 1. The molecule has 0 radical (unpaired) electrons. The third-order valence-corrected chi connectivity index (χ3v) is 4.48. The summed E-state index contributed by atoms with van der Waals surface area (Å²) in [6.45, 7) is 13.2. The Morgan fingerprint density at radius 2 is 1.82 bits per heavy atom. The van der Waals surface area contributed by atoms with Crippen molar-refractivity contribution in [2.45, 2.75) is 39.7 Å². The van der Waals surface area contributed by atoms with E-state index in [4.69, 9.17) is 4.99 Å². The molecule has 2 fully saturated rings. The van der Waals surface area contributed by atoms with Crippen LogP contribution < -0.4 is 5.32 Å². The van der Waals surface area contributed by atoms with Crippen molar-refractivity contribution in [3.63, 3.8) is 0 Å². The summed E-state index contributed by atoms with van der Waals surface area (Å²) in [4.78, 5) is 22.9. The predicted molar refractivity (Wildman–Crippen MR) is 90.1 cm³/mol. The number of carbonyl (C=O) groups excluding carboxylic acids is 1. The molecule has 0 bridgehead atoms. The molecule has 1 aliphatic heterocycles. The molecule has 1 heterocycles. The van der Waals surface area contributed by atoms with Gasteiger partial charge in [0.1, 0.15) is 0 Å². The molecule has 126 valence electrons. The fourth-order valence-electron chi connectivity index (χ4n) is 2.98. The van der Waals surface area contributed by atoms with E-state index >= 15 is 0 Å². The van der Waals surface area contributed by atoms with Crippen LogP contribution in [0.25, 0.3) is 0 Å². The van der Waals surface area contributed by atoms with Gasteiger partial charge in [-0.2, -0.15) is 0 Å². The number of rotatable bonds is 6. The first-order valence-corrected chi connectivity index (χ1v) is 8.68. The van der Waals surface area contributed by atoms with Gasteiger partial charge in [0.2, 0.25) is 5.91 Å². The van der Waals surface area contributed by atoms with Gasteiger partial charge >= 0.3 is 0 Å². The lowest BCUT2D eigenvalue weighted by atomic mass is 10.3. The van der Waals surface area contributed by atoms with Crippen molar-refractivity contribution in [3.05, 3.63) is 0 Å². The lowest BCUT2D eigenvalue weighted by molar-refractivity contribution is -0.130. The molecule has 1 amide bonds. The third-order valence-electron chi connectivity index (χ3n) is 4.48. The van der Waals surface area contributed by atoms with Crippen molar-refractivity contribution < 1.29 is 4.79 Å². The number of hydrogen-bond acceptors (Lipinski definition) is 3. The van der Waals surface area contributed by atoms with E-state index in [-0.39, 0.29) is 5.91 Å². The highest BCUT2D eigenvalue weighted by Crippen LogP contribution is 2.25. The molecule has 1 saturated heterocycles. The Labute approximate surface area is 134 Å². The maximum Gasteiger partial charge on any atom is 0.219 e. The zero-order valence-corrected chi connectivity index (χ0v) is 14.3. The number of carbonyl (C=O) groups is 1. The highest BCUT2D eigenvalue weighted by atomic mass is 16.2. The van der Waals surface area contributed by atoms with Crippen LogP contribution in [0.5, 0.6) is 0 Å². The van der Waals surface area contributed by atoms with Crippen molar-refractivity contribution in [2.75, 3.05) is 52.4 Å². The molecule has 0 aromatic carbocycles. The largest absolute Gasteiger partial charge is 0.357 e. The number of likely N-dealkylation sites (N-methyl/N-ethyl adjacent to an activating group) is 1. The van der Waals surface area contributed by atoms with Gasteiger partial charge in [0.25, 0.3) is 0 Å². The van der Waals surface area contributed by atoms with Gasteiger partial charge in [-0.1, -0.05) is 6.92 Å². The van der Waals surface area contributed by atoms with Crippen LogP contribution in [0.2, 0.25) is 0 Å². The van der Waals surface area contributed by atoms with E-state index < -0.39 is 0 Å². The van der Waals surface area contributed by atoms with Crippen molar-refractivity contribution in [1.82, 2.24) is 20.0 Å². The molecule has 0 atom stereocenters. The van der Waals surface area contributed by atoms with Crippen LogP contribution in [0.4, 0.5) is 0 Å². The smallest absolute Gasteiger partial charge is 0.219 e. The van der Waals surface area contributed by atoms with Gasteiger partial charge in [0, 0.05) is 52.2 Å². The van der Waals surface area contributed by atoms with E-state index in [1.807, 2.05) is 4.90 Å². The number of guanidine groups is 1. The minimum atomic E-state index is 0.171. The molecular weight excluding hydrogens is 278 g/mol. The van der Waals surface area contributed by atoms with Crippen molar-refractivity contribution in [3.8, 4) is 0 Å². The molecule has 0 aromatic rings. The summed E-state index contributed by atoms with van der Waals surface area (Å²) in [6.07, 6.45) is 2.70. The summed E-state index contributed by atoms with van der Waals surface area (Å²) in [5.74, 6) is 1.17. The predicted octanol–water partition coefficient (Wildman–Crippen LogP) is 0.600. The van der Waals surface area contributed by atoms with E-state index in [1.165, 1.54) is 12.8 Å². The van der Waals surface area contributed by atoms with Crippen LogP contribution in [0.1, 0.15) is 33.6 Å². The van der Waals surface area contributed by atoms with Gasteiger partial charge in [-0.05, 0) is 26.3 Å². The molecule has 0 unspecified atom stereocenters. The van der Waals surface area contributed by atoms with Crippen LogP contribution in [0.3, 0.4) is 0 Å². The molecule has 0 spiro atoms. The Morgan fingerprint density at radius 1 is 1.18 bits per heavy atom. The van der Waals surface area contributed by atoms with Crippen molar-refractivity contribution in [2.24, 2.45) is 4.99 Å². The highest BCUT2D eigenvalue weighted by molar-refractivity contribution is 5.80. The molecule has 6 heteroatoms. The zero-order chi connectivity index (χ0) is 15.9. The Kier molecular flexibility index (Phi) is 6.49. The van der Waals surface area contributed by atoms with Gasteiger partial charge in [-0.3, -0.25) is 14.7 Å². The van der Waals surface area contributed by atoms with Gasteiger partial charge < -0.3 is 15.1 Å². The molecule has 22 heavy (non-hydrogen) atoms. The van der Waals surface area contributed by atoms with Crippen LogP contribution in [0.15, 0.2) is 4.99 Å². The molecule has 1 aliphatic carbocycles. The number of hydrogen-bond donors (Lipinski definition) is 1. The minimum absolute atomic E-state index is 0.171. The maximum atomic E-state index is 11.4. The van der Waals surface area contributed by atoms with Crippen LogP contribution in [-0.4, -0.2) is 85.0 Å². The fraction of sp³-hybridized carbons (Fsp3) is 0.875. The second kappa shape index (κ2) is 8.36. The molecule has 1 saturated carbocycles. The van der Waals surface area contributed by atoms with E-state index in [2.05, 4.69) is 29.0 Å². The first-order valence-electron chi connectivity index (χ1n) is 8.68. The number of nitrogens with one attached hydrogen (secondary N) is 1. The standard InChI is InChI=1S/C16H31N5O/c1-4-17-16(18-8-9-19(5-2)15-6-7-15)21-12-10-20(11-13-21)14(3)22/h15H,4-13H2,1-3H3,(H,17,18). The quantitative estimate of drug-likeness (QED) is 0.577. The van der Waals surface area contributed by atoms with Crippen molar-refractivity contribution >= 4 is 11.9 Å². The molecule has 2 rings (SSSR count). The second-order valence-electron chi connectivity index (χ2n) is 6.09. The van der Waals surface area contributed by atoms with E-state index in [0.29, 0.717) is 0 Å². The van der Waals surface area contributed by atoms with Crippen LogP contribution >= 0.6 is 0 Å². The summed E-state index contributed by atoms with van der Waals surface area (Å²) in [5.41, 5.74) is 0. The number of nitrogens with zero attached hydrogens (tertiary/aromatic N) is 4. The number of amides is 1. The van der Waals surface area contributed by atoms with Crippen LogP contribution in [0, 0.1) is 0 Å². The summed E-state index contributed by atoms with van der Waals surface area (Å²) in [7, 11) is 0. The van der Waals surface area contributed by atoms with Crippen molar-refractivity contribution in [1.29, 1.82) is 0 Å². The van der Waals surface area contributed by atoms with Gasteiger partial charge in [0.05, 0.1) is 6.54 Å². The minimum Gasteiger partial charge on any atom is -0.357 e. The Balaban J connectivity index is 1.83. The first-order chi connectivity index (χ1) is 10.7. The Bertz CT molecular complexity index is 386. The van der Waals surface area contributed by atoms with E-state index in [0.717, 1.165) is 64.4 Å². The normalized spacial score (nSPS) is 19.7. The van der Waals surface area contributed by atoms with Gasteiger partial charge in [-0.25, -0.2) is 0 Å². The van der Waals surface area contributed by atoms with E-state index in [1.54, 1.807) is 6.92 Å². The lowest BCUT2D eigenvalue weighted by Gasteiger charge is -2.36. The van der Waals surface area contributed by atoms with Crippen LogP contribution in [-0.2, 0) is 4.79 Å².